The molecule has 0 aromatic carbocycles. The summed E-state index contributed by atoms with van der Waals surface area (Å²) in [5, 5.41) is 18.4. The van der Waals surface area contributed by atoms with E-state index in [1.54, 1.807) is 13.8 Å². The van der Waals surface area contributed by atoms with E-state index < -0.39 is 0 Å². The van der Waals surface area contributed by atoms with Gasteiger partial charge < -0.3 is 10.2 Å². The summed E-state index contributed by atoms with van der Waals surface area (Å²) < 4.78 is 0. The first-order valence-electron chi connectivity index (χ1n) is 4.31. The third kappa shape index (κ3) is 4.38. The maximum absolute atomic E-state index is 9.32. The van der Waals surface area contributed by atoms with Crippen molar-refractivity contribution >= 4 is 0 Å². The van der Waals surface area contributed by atoms with Gasteiger partial charge in [-0.25, -0.2) is 0 Å². The fourth-order valence-corrected chi connectivity index (χ4v) is 1.42. The van der Waals surface area contributed by atoms with Gasteiger partial charge in [0.15, 0.2) is 0 Å². The van der Waals surface area contributed by atoms with Gasteiger partial charge in [0, 0.05) is 0 Å². The van der Waals surface area contributed by atoms with Gasteiger partial charge in [0.1, 0.15) is 0 Å². The molecule has 2 N–H and O–H groups in total. The zero-order chi connectivity index (χ0) is 9.02. The Bertz CT molecular complexity index is 89.7. The highest BCUT2D eigenvalue weighted by Gasteiger charge is 2.20. The maximum Gasteiger partial charge on any atom is 0.0543 e. The third-order valence-corrected chi connectivity index (χ3v) is 2.09. The Morgan fingerprint density at radius 2 is 1.45 bits per heavy atom. The Labute approximate surface area is 69.2 Å². The van der Waals surface area contributed by atoms with Crippen molar-refractivity contribution in [2.24, 2.45) is 11.8 Å². The number of aliphatic hydroxyl groups excluding tert-OH is 2. The molecule has 0 amide bonds. The van der Waals surface area contributed by atoms with Gasteiger partial charge in [-0.1, -0.05) is 13.8 Å². The number of rotatable bonds is 4. The predicted molar refractivity (Wildman–Crippen MR) is 46.3 cm³/mol. The fourth-order valence-electron chi connectivity index (χ4n) is 1.42. The van der Waals surface area contributed by atoms with E-state index in [1.165, 1.54) is 0 Å². The average molecular weight is 160 g/mol. The van der Waals surface area contributed by atoms with E-state index in [0.717, 1.165) is 0 Å². The van der Waals surface area contributed by atoms with E-state index in [4.69, 9.17) is 5.11 Å². The lowest BCUT2D eigenvalue weighted by Crippen LogP contribution is -2.25. The summed E-state index contributed by atoms with van der Waals surface area (Å²) in [7, 11) is 0. The Kier molecular flexibility index (Phi) is 4.69. The lowest BCUT2D eigenvalue weighted by Gasteiger charge is -2.24. The summed E-state index contributed by atoms with van der Waals surface area (Å²) in [4.78, 5) is 0. The molecule has 0 saturated carbocycles. The van der Waals surface area contributed by atoms with Crippen LogP contribution in [0.15, 0.2) is 0 Å². The molecule has 0 fully saturated rings. The van der Waals surface area contributed by atoms with Crippen LogP contribution in [0.2, 0.25) is 0 Å². The van der Waals surface area contributed by atoms with Crippen LogP contribution in [0, 0.1) is 11.8 Å². The molecule has 0 aromatic rings. The lowest BCUT2D eigenvalue weighted by molar-refractivity contribution is 0.0552. The molecule has 0 aliphatic heterocycles. The van der Waals surface area contributed by atoms with Crippen molar-refractivity contribution in [2.75, 3.05) is 0 Å². The molecule has 0 aromatic heterocycles. The van der Waals surface area contributed by atoms with Crippen molar-refractivity contribution in [3.63, 3.8) is 0 Å². The van der Waals surface area contributed by atoms with E-state index in [0.29, 0.717) is 12.3 Å². The molecule has 0 saturated heterocycles. The van der Waals surface area contributed by atoms with Crippen LogP contribution in [0.4, 0.5) is 0 Å². The normalized spacial score (nSPS) is 19.9. The summed E-state index contributed by atoms with van der Waals surface area (Å²) in [6, 6.07) is 0. The Morgan fingerprint density at radius 1 is 1.00 bits per heavy atom. The van der Waals surface area contributed by atoms with Crippen LogP contribution in [0.25, 0.3) is 0 Å². The summed E-state index contributed by atoms with van der Waals surface area (Å²) in [5.41, 5.74) is 0. The second-order valence-corrected chi connectivity index (χ2v) is 3.73. The molecular weight excluding hydrogens is 140 g/mol. The van der Waals surface area contributed by atoms with Gasteiger partial charge in [-0.15, -0.1) is 0 Å². The minimum Gasteiger partial charge on any atom is -0.393 e. The zero-order valence-corrected chi connectivity index (χ0v) is 7.91. The average Bonchev–Trinajstić information content (AvgIpc) is 1.81. The van der Waals surface area contributed by atoms with Crippen molar-refractivity contribution in [1.29, 1.82) is 0 Å². The monoisotopic (exact) mass is 160 g/mol. The van der Waals surface area contributed by atoms with Gasteiger partial charge in [-0.3, -0.25) is 0 Å². The first kappa shape index (κ1) is 10.9. The molecule has 0 radical (unpaired) electrons. The lowest BCUT2D eigenvalue weighted by atomic mass is 9.86. The molecule has 3 atom stereocenters. The largest absolute Gasteiger partial charge is 0.393 e. The summed E-state index contributed by atoms with van der Waals surface area (Å²) in [6.07, 6.45) is 0.0663. The molecule has 2 heteroatoms. The van der Waals surface area contributed by atoms with Gasteiger partial charge in [-0.2, -0.15) is 0 Å². The van der Waals surface area contributed by atoms with Crippen molar-refractivity contribution in [3.8, 4) is 0 Å². The second-order valence-electron chi connectivity index (χ2n) is 3.73. The Morgan fingerprint density at radius 3 is 1.55 bits per heavy atom. The SMILES string of the molecule is CC(O)CC(C(C)C)C(C)O. The molecule has 0 aliphatic carbocycles. The molecule has 0 aliphatic rings. The number of aliphatic hydroxyl groups is 2. The Balaban J connectivity index is 3.90. The minimum atomic E-state index is -0.315. The van der Waals surface area contributed by atoms with Crippen LogP contribution >= 0.6 is 0 Å². The highest BCUT2D eigenvalue weighted by molar-refractivity contribution is 4.70. The molecular formula is C9H20O2. The van der Waals surface area contributed by atoms with E-state index in [9.17, 15) is 5.11 Å². The van der Waals surface area contributed by atoms with E-state index >= 15 is 0 Å². The van der Waals surface area contributed by atoms with Gasteiger partial charge in [0.2, 0.25) is 0 Å². The van der Waals surface area contributed by atoms with Gasteiger partial charge in [-0.05, 0) is 32.1 Å². The van der Waals surface area contributed by atoms with Crippen LogP contribution in [0.1, 0.15) is 34.1 Å². The highest BCUT2D eigenvalue weighted by Crippen LogP contribution is 2.20. The Hall–Kier alpha value is -0.0800. The van der Waals surface area contributed by atoms with Crippen molar-refractivity contribution in [3.05, 3.63) is 0 Å². The topological polar surface area (TPSA) is 40.5 Å². The molecule has 2 nitrogen and oxygen atoms in total. The van der Waals surface area contributed by atoms with Crippen LogP contribution < -0.4 is 0 Å². The van der Waals surface area contributed by atoms with Gasteiger partial charge in [0.25, 0.3) is 0 Å². The first-order valence-corrected chi connectivity index (χ1v) is 4.31. The molecule has 0 spiro atoms. The van der Waals surface area contributed by atoms with Crippen molar-refractivity contribution in [2.45, 2.75) is 46.3 Å². The van der Waals surface area contributed by atoms with Gasteiger partial charge >= 0.3 is 0 Å². The molecule has 0 rings (SSSR count). The van der Waals surface area contributed by atoms with Crippen LogP contribution in [-0.2, 0) is 0 Å². The summed E-state index contributed by atoms with van der Waals surface area (Å²) >= 11 is 0. The summed E-state index contributed by atoms with van der Waals surface area (Å²) in [6.45, 7) is 7.68. The van der Waals surface area contributed by atoms with Crippen LogP contribution in [0.3, 0.4) is 0 Å². The zero-order valence-electron chi connectivity index (χ0n) is 7.91. The predicted octanol–water partition coefficient (Wildman–Crippen LogP) is 1.41. The minimum absolute atomic E-state index is 0.218. The molecule has 11 heavy (non-hydrogen) atoms. The highest BCUT2D eigenvalue weighted by atomic mass is 16.3. The maximum atomic E-state index is 9.32. The molecule has 68 valence electrons. The van der Waals surface area contributed by atoms with E-state index in [-0.39, 0.29) is 18.1 Å². The fraction of sp³-hybridized carbons (Fsp3) is 1.00. The summed E-state index contributed by atoms with van der Waals surface area (Å²) in [5.74, 6) is 0.652. The van der Waals surface area contributed by atoms with Crippen molar-refractivity contribution < 1.29 is 10.2 Å². The second kappa shape index (κ2) is 4.73. The number of hydrogen-bond donors (Lipinski definition) is 2. The van der Waals surface area contributed by atoms with Crippen LogP contribution in [-0.4, -0.2) is 22.4 Å². The molecule has 0 heterocycles. The van der Waals surface area contributed by atoms with E-state index in [2.05, 4.69) is 13.8 Å². The van der Waals surface area contributed by atoms with Crippen molar-refractivity contribution in [1.82, 2.24) is 0 Å². The quantitative estimate of drug-likeness (QED) is 0.653. The van der Waals surface area contributed by atoms with E-state index in [1.807, 2.05) is 0 Å². The smallest absolute Gasteiger partial charge is 0.0543 e. The van der Waals surface area contributed by atoms with Gasteiger partial charge in [0.05, 0.1) is 12.2 Å². The standard InChI is InChI=1S/C9H20O2/c1-6(2)9(8(4)11)5-7(3)10/h6-11H,5H2,1-4H3. The molecule has 0 bridgehead atoms. The number of hydrogen-bond acceptors (Lipinski definition) is 2. The first-order chi connectivity index (χ1) is 4.95. The van der Waals surface area contributed by atoms with Crippen LogP contribution in [0.5, 0.6) is 0 Å². The third-order valence-electron chi connectivity index (χ3n) is 2.09. The molecule has 3 unspecified atom stereocenters.